The van der Waals surface area contributed by atoms with Crippen molar-refractivity contribution in [3.63, 3.8) is 0 Å². The Labute approximate surface area is 145 Å². The normalized spacial score (nSPS) is 10.7. The zero-order valence-electron chi connectivity index (χ0n) is 14.1. The van der Waals surface area contributed by atoms with Gasteiger partial charge in [0.15, 0.2) is 0 Å². The number of rotatable bonds is 10. The summed E-state index contributed by atoms with van der Waals surface area (Å²) in [5.41, 5.74) is 3.63. The van der Waals surface area contributed by atoms with Crippen LogP contribution in [0.4, 0.5) is 0 Å². The highest BCUT2D eigenvalue weighted by atomic mass is 35.5. The van der Waals surface area contributed by atoms with Crippen molar-refractivity contribution >= 4 is 11.6 Å². The lowest BCUT2D eigenvalue weighted by Gasteiger charge is -2.13. The molecule has 0 unspecified atom stereocenters. The average molecular weight is 331 g/mol. The summed E-state index contributed by atoms with van der Waals surface area (Å²) < 4.78 is 6.08. The van der Waals surface area contributed by atoms with Gasteiger partial charge >= 0.3 is 0 Å². The van der Waals surface area contributed by atoms with E-state index in [1.807, 2.05) is 6.07 Å². The van der Waals surface area contributed by atoms with Crippen molar-refractivity contribution in [2.45, 2.75) is 45.4 Å². The third-order valence-corrected chi connectivity index (χ3v) is 4.27. The van der Waals surface area contributed by atoms with Crippen LogP contribution in [0.2, 0.25) is 0 Å². The monoisotopic (exact) mass is 330 g/mol. The summed E-state index contributed by atoms with van der Waals surface area (Å²) in [7, 11) is 0. The maximum Gasteiger partial charge on any atom is 0.127 e. The Bertz CT molecular complexity index is 565. The van der Waals surface area contributed by atoms with E-state index in [4.69, 9.17) is 16.3 Å². The predicted octanol–water partition coefficient (Wildman–Crippen LogP) is 6.62. The van der Waals surface area contributed by atoms with E-state index < -0.39 is 0 Å². The molecule has 124 valence electrons. The summed E-state index contributed by atoms with van der Waals surface area (Å²) in [5, 5.41) is 0. The van der Waals surface area contributed by atoms with Gasteiger partial charge in [0, 0.05) is 11.4 Å². The molecule has 2 heteroatoms. The maximum absolute atomic E-state index is 6.08. The molecule has 0 fully saturated rings. The second-order valence-corrected chi connectivity index (χ2v) is 6.40. The standard InChI is InChI=1S/C21H27ClO/c1-18-13-14-20(19-11-7-6-8-12-19)21(17-18)23-16-10-5-3-2-4-9-15-22/h6-8,11-14,17H,2-5,9-10,15-16H2,1H3. The summed E-state index contributed by atoms with van der Waals surface area (Å²) in [4.78, 5) is 0. The quantitative estimate of drug-likeness (QED) is 0.351. The van der Waals surface area contributed by atoms with Gasteiger partial charge in [-0.15, -0.1) is 11.6 Å². The Balaban J connectivity index is 1.84. The fourth-order valence-corrected chi connectivity index (χ4v) is 2.88. The fraction of sp³-hybridized carbons (Fsp3) is 0.429. The van der Waals surface area contributed by atoms with E-state index in [-0.39, 0.29) is 0 Å². The van der Waals surface area contributed by atoms with Crippen molar-refractivity contribution in [3.8, 4) is 16.9 Å². The van der Waals surface area contributed by atoms with Crippen LogP contribution in [-0.2, 0) is 0 Å². The lowest BCUT2D eigenvalue weighted by atomic mass is 10.0. The second kappa shape index (κ2) is 10.3. The molecule has 0 bridgehead atoms. The fourth-order valence-electron chi connectivity index (χ4n) is 2.69. The molecule has 0 saturated carbocycles. The topological polar surface area (TPSA) is 9.23 Å². The summed E-state index contributed by atoms with van der Waals surface area (Å²) in [6, 6.07) is 16.9. The molecule has 2 aromatic rings. The van der Waals surface area contributed by atoms with E-state index >= 15 is 0 Å². The van der Waals surface area contributed by atoms with Gasteiger partial charge < -0.3 is 4.74 Å². The van der Waals surface area contributed by atoms with E-state index in [0.717, 1.165) is 31.1 Å². The van der Waals surface area contributed by atoms with Crippen molar-refractivity contribution in [2.24, 2.45) is 0 Å². The molecular formula is C21H27ClO. The first-order valence-corrected chi connectivity index (χ1v) is 9.19. The molecule has 0 aromatic heterocycles. The summed E-state index contributed by atoms with van der Waals surface area (Å²) in [6.45, 7) is 2.90. The smallest absolute Gasteiger partial charge is 0.127 e. The van der Waals surface area contributed by atoms with Gasteiger partial charge in [0.25, 0.3) is 0 Å². The third kappa shape index (κ3) is 6.27. The highest BCUT2D eigenvalue weighted by Crippen LogP contribution is 2.31. The molecule has 0 aliphatic rings. The predicted molar refractivity (Wildman–Crippen MR) is 101 cm³/mol. The summed E-state index contributed by atoms with van der Waals surface area (Å²) in [6.07, 6.45) is 7.30. The lowest BCUT2D eigenvalue weighted by molar-refractivity contribution is 0.305. The molecule has 0 N–H and O–H groups in total. The number of unbranched alkanes of at least 4 members (excludes halogenated alkanes) is 5. The SMILES string of the molecule is Cc1ccc(-c2ccccc2)c(OCCCCCCCCCl)c1. The Morgan fingerprint density at radius 3 is 2.26 bits per heavy atom. The van der Waals surface area contributed by atoms with Crippen LogP contribution < -0.4 is 4.74 Å². The van der Waals surface area contributed by atoms with Crippen LogP contribution in [0.5, 0.6) is 5.75 Å². The molecule has 0 aliphatic heterocycles. The first kappa shape index (κ1) is 17.9. The molecule has 0 spiro atoms. The third-order valence-electron chi connectivity index (χ3n) is 4.01. The zero-order valence-corrected chi connectivity index (χ0v) is 14.8. The highest BCUT2D eigenvalue weighted by molar-refractivity contribution is 6.17. The first-order valence-electron chi connectivity index (χ1n) is 8.66. The van der Waals surface area contributed by atoms with Crippen LogP contribution >= 0.6 is 11.6 Å². The first-order chi connectivity index (χ1) is 11.3. The summed E-state index contributed by atoms with van der Waals surface area (Å²) >= 11 is 5.69. The van der Waals surface area contributed by atoms with Gasteiger partial charge in [-0.25, -0.2) is 0 Å². The zero-order chi connectivity index (χ0) is 16.3. The molecule has 23 heavy (non-hydrogen) atoms. The molecule has 2 aromatic carbocycles. The number of halogens is 1. The van der Waals surface area contributed by atoms with Gasteiger partial charge in [0.2, 0.25) is 0 Å². The molecule has 0 aliphatic carbocycles. The Hall–Kier alpha value is -1.47. The Morgan fingerprint density at radius 2 is 1.52 bits per heavy atom. The van der Waals surface area contributed by atoms with Crippen LogP contribution in [0, 0.1) is 6.92 Å². The highest BCUT2D eigenvalue weighted by Gasteiger charge is 2.06. The molecule has 0 amide bonds. The van der Waals surface area contributed by atoms with E-state index in [1.54, 1.807) is 0 Å². The van der Waals surface area contributed by atoms with Crippen LogP contribution in [0.25, 0.3) is 11.1 Å². The van der Waals surface area contributed by atoms with Crippen molar-refractivity contribution in [2.75, 3.05) is 12.5 Å². The van der Waals surface area contributed by atoms with Gasteiger partial charge in [0.1, 0.15) is 5.75 Å². The van der Waals surface area contributed by atoms with E-state index in [1.165, 1.54) is 42.4 Å². The minimum absolute atomic E-state index is 0.790. The molecular weight excluding hydrogens is 304 g/mol. The van der Waals surface area contributed by atoms with Crippen molar-refractivity contribution in [3.05, 3.63) is 54.1 Å². The van der Waals surface area contributed by atoms with Crippen molar-refractivity contribution in [1.29, 1.82) is 0 Å². The van der Waals surface area contributed by atoms with Gasteiger partial charge in [-0.3, -0.25) is 0 Å². The number of hydrogen-bond donors (Lipinski definition) is 0. The van der Waals surface area contributed by atoms with E-state index in [0.29, 0.717) is 0 Å². The molecule has 0 atom stereocenters. The average Bonchev–Trinajstić information content (AvgIpc) is 2.58. The van der Waals surface area contributed by atoms with Gasteiger partial charge in [-0.1, -0.05) is 68.1 Å². The van der Waals surface area contributed by atoms with Crippen molar-refractivity contribution in [1.82, 2.24) is 0 Å². The van der Waals surface area contributed by atoms with Crippen LogP contribution in [-0.4, -0.2) is 12.5 Å². The molecule has 1 nitrogen and oxygen atoms in total. The Morgan fingerprint density at radius 1 is 0.826 bits per heavy atom. The van der Waals surface area contributed by atoms with E-state index in [2.05, 4.69) is 49.4 Å². The van der Waals surface area contributed by atoms with Gasteiger partial charge in [0.05, 0.1) is 6.61 Å². The van der Waals surface area contributed by atoms with Crippen LogP contribution in [0.3, 0.4) is 0 Å². The number of aryl methyl sites for hydroxylation is 1. The number of hydrogen-bond acceptors (Lipinski definition) is 1. The largest absolute Gasteiger partial charge is 0.493 e. The van der Waals surface area contributed by atoms with E-state index in [9.17, 15) is 0 Å². The van der Waals surface area contributed by atoms with Crippen LogP contribution in [0.1, 0.15) is 44.1 Å². The number of benzene rings is 2. The number of alkyl halides is 1. The van der Waals surface area contributed by atoms with Crippen molar-refractivity contribution < 1.29 is 4.74 Å². The molecule has 0 heterocycles. The molecule has 2 rings (SSSR count). The number of ether oxygens (including phenoxy) is 1. The molecule has 0 saturated heterocycles. The maximum atomic E-state index is 6.08. The minimum Gasteiger partial charge on any atom is -0.493 e. The van der Waals surface area contributed by atoms with Gasteiger partial charge in [-0.05, 0) is 37.0 Å². The lowest BCUT2D eigenvalue weighted by Crippen LogP contribution is -1.99. The summed E-state index contributed by atoms with van der Waals surface area (Å²) in [5.74, 6) is 1.79. The minimum atomic E-state index is 0.790. The van der Waals surface area contributed by atoms with Gasteiger partial charge in [-0.2, -0.15) is 0 Å². The Kier molecular flexibility index (Phi) is 8.03. The molecule has 0 radical (unpaired) electrons. The van der Waals surface area contributed by atoms with Crippen LogP contribution in [0.15, 0.2) is 48.5 Å². The second-order valence-electron chi connectivity index (χ2n) is 6.02.